The molecule has 55 heavy (non-hydrogen) atoms. The first-order chi connectivity index (χ1) is 26.9. The van der Waals surface area contributed by atoms with E-state index in [1.807, 2.05) is 53.4 Å². The first-order valence-electron chi connectivity index (χ1n) is 19.0. The molecule has 5 aromatic carbocycles. The Balaban J connectivity index is 1.22. The molecule has 9 nitrogen and oxygen atoms in total. The van der Waals surface area contributed by atoms with Crippen molar-refractivity contribution >= 4 is 11.9 Å². The van der Waals surface area contributed by atoms with Crippen molar-refractivity contribution < 1.29 is 4.79 Å². The minimum Gasteiger partial charge on any atom is -0.302 e. The summed E-state index contributed by atoms with van der Waals surface area (Å²) in [6.45, 7) is 6.19. The zero-order valence-corrected chi connectivity index (χ0v) is 31.3. The van der Waals surface area contributed by atoms with Crippen LogP contribution >= 0.6 is 0 Å². The van der Waals surface area contributed by atoms with Crippen LogP contribution in [0.15, 0.2) is 144 Å². The Morgan fingerprint density at radius 1 is 0.727 bits per heavy atom. The van der Waals surface area contributed by atoms with Gasteiger partial charge >= 0.3 is 0 Å². The average molecular weight is 726 g/mol. The van der Waals surface area contributed by atoms with Gasteiger partial charge in [-0.1, -0.05) is 167 Å². The second kappa shape index (κ2) is 15.1. The van der Waals surface area contributed by atoms with Crippen LogP contribution < -0.4 is 10.9 Å². The van der Waals surface area contributed by atoms with E-state index in [2.05, 4.69) is 132 Å². The van der Waals surface area contributed by atoms with E-state index >= 15 is 0 Å². The zero-order valence-electron chi connectivity index (χ0n) is 31.3. The van der Waals surface area contributed by atoms with Crippen molar-refractivity contribution in [2.24, 2.45) is 5.92 Å². The molecule has 7 aromatic rings. The van der Waals surface area contributed by atoms with Gasteiger partial charge in [0.25, 0.3) is 5.56 Å². The number of hydrogen-bond donors (Lipinski definition) is 1. The molecule has 0 fully saturated rings. The zero-order chi connectivity index (χ0) is 37.9. The maximum atomic E-state index is 13.5. The van der Waals surface area contributed by atoms with E-state index in [-0.39, 0.29) is 17.4 Å². The van der Waals surface area contributed by atoms with E-state index in [9.17, 15) is 9.59 Å². The SMILES string of the molecule is CCCCc1c(Cc2ccc(-c3ccccc3-c3nnnn3C(c3ccccc3)(c3ccccc3)c3ccccc3)cc2)c(=O)nc2n1C(C(C)C)C(=O)N2. The van der Waals surface area contributed by atoms with Gasteiger partial charge in [-0.25, -0.2) is 4.68 Å². The van der Waals surface area contributed by atoms with Gasteiger partial charge in [0.2, 0.25) is 11.9 Å². The van der Waals surface area contributed by atoms with Crippen LogP contribution in [0.3, 0.4) is 0 Å². The maximum Gasteiger partial charge on any atom is 0.278 e. The monoisotopic (exact) mass is 725 g/mol. The van der Waals surface area contributed by atoms with Crippen molar-refractivity contribution in [3.63, 3.8) is 0 Å². The minimum absolute atomic E-state index is 0.0531. The molecule has 0 radical (unpaired) electrons. The van der Waals surface area contributed by atoms with Gasteiger partial charge in [-0.2, -0.15) is 4.98 Å². The number of benzene rings is 5. The van der Waals surface area contributed by atoms with E-state index < -0.39 is 11.6 Å². The van der Waals surface area contributed by atoms with Crippen LogP contribution in [-0.2, 0) is 23.2 Å². The highest BCUT2D eigenvalue weighted by Gasteiger charge is 2.42. The first kappa shape index (κ1) is 35.5. The van der Waals surface area contributed by atoms with Crippen LogP contribution in [0.5, 0.6) is 0 Å². The van der Waals surface area contributed by atoms with Crippen molar-refractivity contribution in [2.75, 3.05) is 5.32 Å². The van der Waals surface area contributed by atoms with Crippen LogP contribution in [-0.4, -0.2) is 35.7 Å². The minimum atomic E-state index is -0.887. The molecule has 1 N–H and O–H groups in total. The van der Waals surface area contributed by atoms with Crippen LogP contribution in [0.25, 0.3) is 22.5 Å². The summed E-state index contributed by atoms with van der Waals surface area (Å²) in [6.07, 6.45) is 2.99. The van der Waals surface area contributed by atoms with E-state index in [1.54, 1.807) is 0 Å². The van der Waals surface area contributed by atoms with Crippen LogP contribution in [0.2, 0.25) is 0 Å². The van der Waals surface area contributed by atoms with Gasteiger partial charge in [-0.05, 0) is 62.6 Å². The van der Waals surface area contributed by atoms with Crippen molar-refractivity contribution in [1.29, 1.82) is 0 Å². The molecule has 274 valence electrons. The van der Waals surface area contributed by atoms with Gasteiger partial charge in [0, 0.05) is 23.2 Å². The summed E-state index contributed by atoms with van der Waals surface area (Å²) in [5, 5.41) is 16.7. The molecule has 0 saturated carbocycles. The smallest absolute Gasteiger partial charge is 0.278 e. The Hall–Kier alpha value is -6.48. The average Bonchev–Trinajstić information content (AvgIpc) is 3.84. The van der Waals surface area contributed by atoms with Crippen molar-refractivity contribution in [3.05, 3.63) is 183 Å². The Bertz CT molecular complexity index is 2400. The lowest BCUT2D eigenvalue weighted by Gasteiger charge is -2.36. The third kappa shape index (κ3) is 6.35. The van der Waals surface area contributed by atoms with Crippen molar-refractivity contribution in [2.45, 2.75) is 58.0 Å². The highest BCUT2D eigenvalue weighted by atomic mass is 16.2. The maximum absolute atomic E-state index is 13.5. The number of amides is 1. The van der Waals surface area contributed by atoms with E-state index in [0.29, 0.717) is 30.2 Å². The molecular weight excluding hydrogens is 683 g/mol. The first-order valence-corrected chi connectivity index (χ1v) is 19.0. The number of unbranched alkanes of at least 4 members (excludes halogenated alkanes) is 1. The summed E-state index contributed by atoms with van der Waals surface area (Å²) in [5.74, 6) is 0.919. The Morgan fingerprint density at radius 2 is 1.29 bits per heavy atom. The van der Waals surface area contributed by atoms with Crippen LogP contribution in [0, 0.1) is 5.92 Å². The summed E-state index contributed by atoms with van der Waals surface area (Å²) in [5.41, 5.74) is 7.27. The fourth-order valence-electron chi connectivity index (χ4n) is 8.12. The number of anilines is 1. The Labute approximate surface area is 320 Å². The van der Waals surface area contributed by atoms with Gasteiger partial charge in [-0.15, -0.1) is 5.10 Å². The molecule has 1 atom stereocenters. The van der Waals surface area contributed by atoms with Crippen molar-refractivity contribution in [3.8, 4) is 22.5 Å². The number of aromatic nitrogens is 6. The number of carbonyl (C=O) groups excluding carboxylic acids is 1. The number of carbonyl (C=O) groups is 1. The van der Waals surface area contributed by atoms with E-state index in [0.717, 1.165) is 57.5 Å². The Kier molecular flexibility index (Phi) is 9.76. The lowest BCUT2D eigenvalue weighted by atomic mass is 9.77. The Morgan fingerprint density at radius 3 is 1.85 bits per heavy atom. The largest absolute Gasteiger partial charge is 0.302 e. The second-order valence-corrected chi connectivity index (χ2v) is 14.5. The molecule has 1 unspecified atom stereocenters. The molecule has 1 amide bonds. The second-order valence-electron chi connectivity index (χ2n) is 14.5. The number of tetrazole rings is 1. The normalized spacial score (nSPS) is 13.9. The number of nitrogens with one attached hydrogen (secondary N) is 1. The topological polar surface area (TPSA) is 108 Å². The summed E-state index contributed by atoms with van der Waals surface area (Å²) < 4.78 is 3.94. The molecule has 0 spiro atoms. The van der Waals surface area contributed by atoms with E-state index in [4.69, 9.17) is 10.3 Å². The predicted octanol–water partition coefficient (Wildman–Crippen LogP) is 8.49. The van der Waals surface area contributed by atoms with Gasteiger partial charge in [0.1, 0.15) is 11.6 Å². The molecule has 0 aliphatic carbocycles. The summed E-state index contributed by atoms with van der Waals surface area (Å²) >= 11 is 0. The fourth-order valence-corrected chi connectivity index (χ4v) is 8.12. The molecule has 1 aliphatic heterocycles. The third-order valence-electron chi connectivity index (χ3n) is 10.7. The number of rotatable bonds is 12. The molecule has 8 rings (SSSR count). The van der Waals surface area contributed by atoms with Gasteiger partial charge in [-0.3, -0.25) is 14.9 Å². The summed E-state index contributed by atoms with van der Waals surface area (Å²) in [4.78, 5) is 30.9. The molecule has 2 aromatic heterocycles. The molecule has 1 aliphatic rings. The lowest BCUT2D eigenvalue weighted by molar-refractivity contribution is -0.119. The molecule has 0 bridgehead atoms. The molecule has 0 saturated heterocycles. The molecule has 3 heterocycles. The van der Waals surface area contributed by atoms with Gasteiger partial charge in [0.05, 0.1) is 0 Å². The summed E-state index contributed by atoms with van der Waals surface area (Å²) in [6, 6.07) is 47.3. The highest BCUT2D eigenvalue weighted by molar-refractivity contribution is 5.96. The standard InChI is InChI=1S/C46H43N7O2/c1-4-5-25-40-39(43(54)47-45-48-44(55)41(31(2)3)52(40)45)30-32-26-28-33(29-27-32)37-23-15-16-24-38(37)42-49-50-51-53(42)46(34-17-9-6-10-18-34,35-19-11-7-12-20-35)36-21-13-8-14-22-36/h6-24,26-29,31,41H,4-5,25,30H2,1-3H3,(H,47,48,54,55). The quantitative estimate of drug-likeness (QED) is 0.127. The predicted molar refractivity (Wildman–Crippen MR) is 216 cm³/mol. The lowest BCUT2D eigenvalue weighted by Crippen LogP contribution is -2.39. The number of nitrogens with zero attached hydrogens (tertiary/aromatic N) is 6. The molecule has 9 heteroatoms. The summed E-state index contributed by atoms with van der Waals surface area (Å²) in [7, 11) is 0. The number of fused-ring (bicyclic) bond motifs is 1. The van der Waals surface area contributed by atoms with Crippen LogP contribution in [0.1, 0.15) is 73.2 Å². The third-order valence-corrected chi connectivity index (χ3v) is 10.7. The fraction of sp³-hybridized carbons (Fsp3) is 0.217. The van der Waals surface area contributed by atoms with Crippen molar-refractivity contribution in [1.82, 2.24) is 29.8 Å². The van der Waals surface area contributed by atoms with Gasteiger partial charge < -0.3 is 4.57 Å². The van der Waals surface area contributed by atoms with Crippen LogP contribution in [0.4, 0.5) is 5.95 Å². The molecular formula is C46H43N7O2. The number of hydrogen-bond acceptors (Lipinski definition) is 6. The van der Waals surface area contributed by atoms with Gasteiger partial charge in [0.15, 0.2) is 5.82 Å². The van der Waals surface area contributed by atoms with E-state index in [1.165, 1.54) is 0 Å². The highest BCUT2D eigenvalue weighted by Crippen LogP contribution is 2.43.